The van der Waals surface area contributed by atoms with Gasteiger partial charge in [0.15, 0.2) is 0 Å². The molecule has 0 aliphatic rings. The minimum absolute atomic E-state index is 0.187. The fourth-order valence-corrected chi connectivity index (χ4v) is 2.09. The Labute approximate surface area is 115 Å². The standard InChI is InChI=1S/C16H21N3/c1-3-14(17)12-13-8-7-11-18-16(13)19(2)15-9-5-4-6-10-15/h4-11,14H,3,12,17H2,1-2H3. The van der Waals surface area contributed by atoms with Gasteiger partial charge in [0.1, 0.15) is 5.82 Å². The molecule has 3 nitrogen and oxygen atoms in total. The van der Waals surface area contributed by atoms with Crippen LogP contribution in [0.25, 0.3) is 0 Å². The Kier molecular flexibility index (Phi) is 4.53. The van der Waals surface area contributed by atoms with Gasteiger partial charge in [0.05, 0.1) is 0 Å². The van der Waals surface area contributed by atoms with E-state index in [1.807, 2.05) is 37.5 Å². The zero-order valence-corrected chi connectivity index (χ0v) is 11.6. The second-order valence-electron chi connectivity index (χ2n) is 4.75. The molecule has 0 aliphatic carbocycles. The molecule has 19 heavy (non-hydrogen) atoms. The molecule has 0 fully saturated rings. The van der Waals surface area contributed by atoms with E-state index in [0.717, 1.165) is 24.3 Å². The Balaban J connectivity index is 2.29. The molecule has 2 N–H and O–H groups in total. The van der Waals surface area contributed by atoms with Crippen molar-refractivity contribution in [3.05, 3.63) is 54.2 Å². The third kappa shape index (κ3) is 3.32. The second-order valence-corrected chi connectivity index (χ2v) is 4.75. The number of aromatic nitrogens is 1. The molecule has 0 radical (unpaired) electrons. The Hall–Kier alpha value is -1.87. The van der Waals surface area contributed by atoms with Gasteiger partial charge in [-0.2, -0.15) is 0 Å². The molecule has 0 bridgehead atoms. The predicted octanol–water partition coefficient (Wildman–Crippen LogP) is 3.13. The summed E-state index contributed by atoms with van der Waals surface area (Å²) in [6.07, 6.45) is 3.66. The number of hydrogen-bond acceptors (Lipinski definition) is 3. The zero-order valence-electron chi connectivity index (χ0n) is 11.6. The summed E-state index contributed by atoms with van der Waals surface area (Å²) in [5, 5.41) is 0. The van der Waals surface area contributed by atoms with Crippen LogP contribution in [0.2, 0.25) is 0 Å². The topological polar surface area (TPSA) is 42.1 Å². The van der Waals surface area contributed by atoms with E-state index < -0.39 is 0 Å². The largest absolute Gasteiger partial charge is 0.329 e. The van der Waals surface area contributed by atoms with Crippen LogP contribution in [0, 0.1) is 0 Å². The van der Waals surface area contributed by atoms with Crippen LogP contribution in [0.5, 0.6) is 0 Å². The van der Waals surface area contributed by atoms with Crippen LogP contribution in [0.3, 0.4) is 0 Å². The molecule has 1 aromatic heterocycles. The van der Waals surface area contributed by atoms with Crippen molar-refractivity contribution in [1.29, 1.82) is 0 Å². The van der Waals surface area contributed by atoms with Gasteiger partial charge in [-0.25, -0.2) is 4.98 Å². The third-order valence-electron chi connectivity index (χ3n) is 3.34. The van der Waals surface area contributed by atoms with E-state index in [9.17, 15) is 0 Å². The lowest BCUT2D eigenvalue weighted by Gasteiger charge is -2.22. The maximum atomic E-state index is 6.07. The summed E-state index contributed by atoms with van der Waals surface area (Å²) >= 11 is 0. The molecular weight excluding hydrogens is 234 g/mol. The van der Waals surface area contributed by atoms with Gasteiger partial charge in [-0.1, -0.05) is 31.2 Å². The van der Waals surface area contributed by atoms with Crippen molar-refractivity contribution in [3.63, 3.8) is 0 Å². The van der Waals surface area contributed by atoms with Crippen LogP contribution in [0.4, 0.5) is 11.5 Å². The summed E-state index contributed by atoms with van der Waals surface area (Å²) in [5.41, 5.74) is 8.40. The summed E-state index contributed by atoms with van der Waals surface area (Å²) in [5.74, 6) is 0.984. The fourth-order valence-electron chi connectivity index (χ4n) is 2.09. The number of para-hydroxylation sites is 1. The monoisotopic (exact) mass is 255 g/mol. The molecule has 0 saturated heterocycles. The molecule has 0 amide bonds. The molecule has 2 rings (SSSR count). The van der Waals surface area contributed by atoms with E-state index in [1.165, 1.54) is 5.56 Å². The van der Waals surface area contributed by atoms with E-state index in [2.05, 4.69) is 35.0 Å². The Morgan fingerprint density at radius 2 is 1.89 bits per heavy atom. The molecule has 2 aromatic rings. The van der Waals surface area contributed by atoms with Gasteiger partial charge in [-0.15, -0.1) is 0 Å². The molecule has 1 atom stereocenters. The number of rotatable bonds is 5. The highest BCUT2D eigenvalue weighted by atomic mass is 15.2. The lowest BCUT2D eigenvalue weighted by Crippen LogP contribution is -2.23. The van der Waals surface area contributed by atoms with E-state index in [4.69, 9.17) is 5.73 Å². The molecule has 1 aromatic carbocycles. The quantitative estimate of drug-likeness (QED) is 0.892. The van der Waals surface area contributed by atoms with Gasteiger partial charge >= 0.3 is 0 Å². The number of nitrogens with zero attached hydrogens (tertiary/aromatic N) is 2. The van der Waals surface area contributed by atoms with Crippen molar-refractivity contribution < 1.29 is 0 Å². The summed E-state index contributed by atoms with van der Waals surface area (Å²) in [6.45, 7) is 2.11. The number of anilines is 2. The van der Waals surface area contributed by atoms with E-state index in [1.54, 1.807) is 0 Å². The first-order chi connectivity index (χ1) is 9.22. The van der Waals surface area contributed by atoms with Crippen LogP contribution in [-0.2, 0) is 6.42 Å². The highest BCUT2D eigenvalue weighted by Crippen LogP contribution is 2.25. The molecule has 3 heteroatoms. The van der Waals surface area contributed by atoms with Gasteiger partial charge in [0, 0.05) is 25.0 Å². The Bertz CT molecular complexity index is 510. The zero-order chi connectivity index (χ0) is 13.7. The minimum atomic E-state index is 0.187. The molecule has 0 aliphatic heterocycles. The first kappa shape index (κ1) is 13.6. The van der Waals surface area contributed by atoms with Gasteiger partial charge in [-0.3, -0.25) is 0 Å². The highest BCUT2D eigenvalue weighted by molar-refractivity contribution is 5.61. The normalized spacial score (nSPS) is 12.2. The van der Waals surface area contributed by atoms with Crippen molar-refractivity contribution in [2.24, 2.45) is 5.73 Å². The minimum Gasteiger partial charge on any atom is -0.329 e. The molecule has 1 unspecified atom stereocenters. The van der Waals surface area contributed by atoms with Crippen molar-refractivity contribution in [3.8, 4) is 0 Å². The maximum Gasteiger partial charge on any atom is 0.135 e. The fraction of sp³-hybridized carbons (Fsp3) is 0.312. The third-order valence-corrected chi connectivity index (χ3v) is 3.34. The van der Waals surface area contributed by atoms with Gasteiger partial charge in [-0.05, 0) is 36.6 Å². The second kappa shape index (κ2) is 6.34. The van der Waals surface area contributed by atoms with Crippen LogP contribution < -0.4 is 10.6 Å². The highest BCUT2D eigenvalue weighted by Gasteiger charge is 2.12. The molecule has 0 saturated carbocycles. The Morgan fingerprint density at radius 1 is 1.16 bits per heavy atom. The van der Waals surface area contributed by atoms with E-state index in [0.29, 0.717) is 0 Å². The number of pyridine rings is 1. The van der Waals surface area contributed by atoms with Gasteiger partial charge in [0.2, 0.25) is 0 Å². The predicted molar refractivity (Wildman–Crippen MR) is 80.7 cm³/mol. The van der Waals surface area contributed by atoms with Gasteiger partial charge in [0.25, 0.3) is 0 Å². The van der Waals surface area contributed by atoms with E-state index >= 15 is 0 Å². The van der Waals surface area contributed by atoms with Crippen molar-refractivity contribution in [2.75, 3.05) is 11.9 Å². The van der Waals surface area contributed by atoms with Crippen LogP contribution in [0.15, 0.2) is 48.7 Å². The summed E-state index contributed by atoms with van der Waals surface area (Å²) in [6, 6.07) is 14.5. The summed E-state index contributed by atoms with van der Waals surface area (Å²) in [4.78, 5) is 6.62. The molecule has 0 spiro atoms. The summed E-state index contributed by atoms with van der Waals surface area (Å²) in [7, 11) is 2.04. The molecule has 1 heterocycles. The van der Waals surface area contributed by atoms with Crippen LogP contribution in [0.1, 0.15) is 18.9 Å². The average molecular weight is 255 g/mol. The number of hydrogen-bond donors (Lipinski definition) is 1. The number of benzene rings is 1. The maximum absolute atomic E-state index is 6.07. The van der Waals surface area contributed by atoms with Crippen molar-refractivity contribution in [1.82, 2.24) is 4.98 Å². The first-order valence-corrected chi connectivity index (χ1v) is 6.70. The Morgan fingerprint density at radius 3 is 2.58 bits per heavy atom. The smallest absolute Gasteiger partial charge is 0.135 e. The first-order valence-electron chi connectivity index (χ1n) is 6.70. The average Bonchev–Trinajstić information content (AvgIpc) is 2.48. The molecular formula is C16H21N3. The van der Waals surface area contributed by atoms with Crippen molar-refractivity contribution in [2.45, 2.75) is 25.8 Å². The molecule has 100 valence electrons. The van der Waals surface area contributed by atoms with E-state index in [-0.39, 0.29) is 6.04 Å². The number of nitrogens with two attached hydrogens (primary N) is 1. The van der Waals surface area contributed by atoms with Crippen LogP contribution >= 0.6 is 0 Å². The van der Waals surface area contributed by atoms with Crippen molar-refractivity contribution >= 4 is 11.5 Å². The lowest BCUT2D eigenvalue weighted by molar-refractivity contribution is 0.645. The van der Waals surface area contributed by atoms with Crippen LogP contribution in [-0.4, -0.2) is 18.1 Å². The van der Waals surface area contributed by atoms with Gasteiger partial charge < -0.3 is 10.6 Å². The lowest BCUT2D eigenvalue weighted by atomic mass is 10.1. The summed E-state index contributed by atoms with van der Waals surface area (Å²) < 4.78 is 0. The SMILES string of the molecule is CCC(N)Cc1cccnc1N(C)c1ccccc1.